The molecule has 1 amide bonds. The van der Waals surface area contributed by atoms with Gasteiger partial charge in [-0.1, -0.05) is 20.8 Å². The molecule has 0 saturated carbocycles. The number of hydrogen-bond donors (Lipinski definition) is 2. The zero-order valence-electron chi connectivity index (χ0n) is 11.5. The second-order valence-corrected chi connectivity index (χ2v) is 4.87. The molecule has 4 nitrogen and oxygen atoms in total. The van der Waals surface area contributed by atoms with Gasteiger partial charge >= 0.3 is 0 Å². The number of amides is 1. The fraction of sp³-hybridized carbons (Fsp3) is 0.923. The largest absolute Gasteiger partial charge is 0.355 e. The number of carbonyl (C=O) groups is 1. The maximum atomic E-state index is 11.9. The predicted octanol–water partition coefficient (Wildman–Crippen LogP) is 0.833. The highest BCUT2D eigenvalue weighted by Gasteiger charge is 2.28. The molecule has 0 aromatic carbocycles. The molecule has 100 valence electrons. The Labute approximate surface area is 105 Å². The summed E-state index contributed by atoms with van der Waals surface area (Å²) in [6.07, 6.45) is 2.14. The summed E-state index contributed by atoms with van der Waals surface area (Å²) in [6, 6.07) is 0.0310. The van der Waals surface area contributed by atoms with Crippen LogP contribution in [0.25, 0.3) is 0 Å². The van der Waals surface area contributed by atoms with Gasteiger partial charge in [0, 0.05) is 6.54 Å². The van der Waals surface area contributed by atoms with Crippen molar-refractivity contribution >= 4 is 5.91 Å². The van der Waals surface area contributed by atoms with Gasteiger partial charge in [0.1, 0.15) is 0 Å². The van der Waals surface area contributed by atoms with Crippen LogP contribution in [0.3, 0.4) is 0 Å². The van der Waals surface area contributed by atoms with Crippen LogP contribution >= 0.6 is 0 Å². The van der Waals surface area contributed by atoms with Gasteiger partial charge in [-0.2, -0.15) is 0 Å². The van der Waals surface area contributed by atoms with E-state index in [-0.39, 0.29) is 11.9 Å². The standard InChI is InChI=1S/C13H27N3O/c1-4-16(5-2)10-6-8-15-13(17)12-11(3)7-9-14-12/h11-12,14H,4-10H2,1-3H3,(H,15,17). The van der Waals surface area contributed by atoms with Crippen molar-refractivity contribution in [2.45, 2.75) is 39.7 Å². The van der Waals surface area contributed by atoms with E-state index >= 15 is 0 Å². The zero-order chi connectivity index (χ0) is 12.7. The van der Waals surface area contributed by atoms with Gasteiger partial charge in [-0.3, -0.25) is 4.79 Å². The molecular formula is C13H27N3O. The van der Waals surface area contributed by atoms with Crippen molar-refractivity contribution in [3.8, 4) is 0 Å². The number of carbonyl (C=O) groups excluding carboxylic acids is 1. The van der Waals surface area contributed by atoms with Gasteiger partial charge in [0.15, 0.2) is 0 Å². The molecule has 1 aliphatic heterocycles. The lowest BCUT2D eigenvalue weighted by Gasteiger charge is -2.19. The van der Waals surface area contributed by atoms with Crippen molar-refractivity contribution in [1.29, 1.82) is 0 Å². The lowest BCUT2D eigenvalue weighted by atomic mass is 10.0. The van der Waals surface area contributed by atoms with E-state index in [2.05, 4.69) is 36.3 Å². The van der Waals surface area contributed by atoms with Crippen LogP contribution in [0, 0.1) is 5.92 Å². The molecule has 2 unspecified atom stereocenters. The molecule has 1 saturated heterocycles. The van der Waals surface area contributed by atoms with Crippen molar-refractivity contribution in [1.82, 2.24) is 15.5 Å². The van der Waals surface area contributed by atoms with Crippen molar-refractivity contribution in [2.75, 3.05) is 32.7 Å². The van der Waals surface area contributed by atoms with Crippen molar-refractivity contribution in [3.05, 3.63) is 0 Å². The van der Waals surface area contributed by atoms with Crippen molar-refractivity contribution < 1.29 is 4.79 Å². The smallest absolute Gasteiger partial charge is 0.237 e. The molecule has 0 aromatic heterocycles. The lowest BCUT2D eigenvalue weighted by molar-refractivity contribution is -0.123. The van der Waals surface area contributed by atoms with Crippen LogP contribution in [-0.2, 0) is 4.79 Å². The first-order chi connectivity index (χ1) is 8.19. The molecule has 2 N–H and O–H groups in total. The van der Waals surface area contributed by atoms with Gasteiger partial charge in [0.05, 0.1) is 6.04 Å². The summed E-state index contributed by atoms with van der Waals surface area (Å²) >= 11 is 0. The van der Waals surface area contributed by atoms with Crippen LogP contribution in [0.1, 0.15) is 33.6 Å². The SMILES string of the molecule is CCN(CC)CCCNC(=O)C1NCCC1C. The third kappa shape index (κ3) is 4.64. The summed E-state index contributed by atoms with van der Waals surface area (Å²) in [5, 5.41) is 6.29. The normalized spacial score (nSPS) is 24.2. The Kier molecular flexibility index (Phi) is 6.52. The quantitative estimate of drug-likeness (QED) is 0.649. The number of nitrogens with one attached hydrogen (secondary N) is 2. The lowest BCUT2D eigenvalue weighted by Crippen LogP contribution is -2.44. The fourth-order valence-corrected chi connectivity index (χ4v) is 2.35. The van der Waals surface area contributed by atoms with Gasteiger partial charge in [-0.15, -0.1) is 0 Å². The predicted molar refractivity (Wildman–Crippen MR) is 71.0 cm³/mol. The van der Waals surface area contributed by atoms with Crippen molar-refractivity contribution in [3.63, 3.8) is 0 Å². The Morgan fingerprint density at radius 1 is 1.41 bits per heavy atom. The first kappa shape index (κ1) is 14.5. The molecule has 1 rings (SSSR count). The number of rotatable bonds is 7. The van der Waals surface area contributed by atoms with E-state index in [1.807, 2.05) is 0 Å². The first-order valence-corrected chi connectivity index (χ1v) is 6.92. The van der Waals surface area contributed by atoms with Gasteiger partial charge in [-0.25, -0.2) is 0 Å². The molecular weight excluding hydrogens is 214 g/mol. The Hall–Kier alpha value is -0.610. The molecule has 2 atom stereocenters. The number of nitrogens with zero attached hydrogens (tertiary/aromatic N) is 1. The van der Waals surface area contributed by atoms with Crippen LogP contribution in [-0.4, -0.2) is 49.6 Å². The van der Waals surface area contributed by atoms with Crippen LogP contribution < -0.4 is 10.6 Å². The van der Waals surface area contributed by atoms with Gasteiger partial charge in [-0.05, 0) is 44.9 Å². The van der Waals surface area contributed by atoms with Crippen LogP contribution in [0.5, 0.6) is 0 Å². The van der Waals surface area contributed by atoms with Crippen molar-refractivity contribution in [2.24, 2.45) is 5.92 Å². The summed E-state index contributed by atoms with van der Waals surface area (Å²) < 4.78 is 0. The zero-order valence-corrected chi connectivity index (χ0v) is 11.5. The molecule has 0 bridgehead atoms. The average molecular weight is 241 g/mol. The minimum Gasteiger partial charge on any atom is -0.355 e. The summed E-state index contributed by atoms with van der Waals surface area (Å²) in [7, 11) is 0. The van der Waals surface area contributed by atoms with E-state index in [1.165, 1.54) is 0 Å². The molecule has 0 spiro atoms. The topological polar surface area (TPSA) is 44.4 Å². The Balaban J connectivity index is 2.12. The minimum atomic E-state index is 0.0310. The maximum Gasteiger partial charge on any atom is 0.237 e. The monoisotopic (exact) mass is 241 g/mol. The van der Waals surface area contributed by atoms with Gasteiger partial charge in [0.25, 0.3) is 0 Å². The van der Waals surface area contributed by atoms with E-state index in [0.29, 0.717) is 5.92 Å². The Morgan fingerprint density at radius 2 is 2.12 bits per heavy atom. The summed E-state index contributed by atoms with van der Waals surface area (Å²) in [5.74, 6) is 0.646. The third-order valence-corrected chi connectivity index (χ3v) is 3.66. The summed E-state index contributed by atoms with van der Waals surface area (Å²) in [6.45, 7) is 11.5. The third-order valence-electron chi connectivity index (χ3n) is 3.66. The highest BCUT2D eigenvalue weighted by molar-refractivity contribution is 5.82. The number of hydrogen-bond acceptors (Lipinski definition) is 3. The highest BCUT2D eigenvalue weighted by Crippen LogP contribution is 2.13. The van der Waals surface area contributed by atoms with E-state index in [4.69, 9.17) is 0 Å². The van der Waals surface area contributed by atoms with E-state index < -0.39 is 0 Å². The molecule has 1 fully saturated rings. The molecule has 1 heterocycles. The van der Waals surface area contributed by atoms with Crippen LogP contribution in [0.2, 0.25) is 0 Å². The minimum absolute atomic E-state index is 0.0310. The molecule has 0 aliphatic carbocycles. The second-order valence-electron chi connectivity index (χ2n) is 4.87. The molecule has 0 aromatic rings. The second kappa shape index (κ2) is 7.67. The van der Waals surface area contributed by atoms with Gasteiger partial charge < -0.3 is 15.5 Å². The molecule has 0 radical (unpaired) electrons. The fourth-order valence-electron chi connectivity index (χ4n) is 2.35. The average Bonchev–Trinajstić information content (AvgIpc) is 2.75. The summed E-state index contributed by atoms with van der Waals surface area (Å²) in [4.78, 5) is 14.2. The molecule has 17 heavy (non-hydrogen) atoms. The highest BCUT2D eigenvalue weighted by atomic mass is 16.2. The summed E-state index contributed by atoms with van der Waals surface area (Å²) in [5.41, 5.74) is 0. The van der Waals surface area contributed by atoms with E-state index in [1.54, 1.807) is 0 Å². The molecule has 1 aliphatic rings. The molecule has 4 heteroatoms. The maximum absolute atomic E-state index is 11.9. The Morgan fingerprint density at radius 3 is 2.65 bits per heavy atom. The van der Waals surface area contributed by atoms with E-state index in [9.17, 15) is 4.79 Å². The van der Waals surface area contributed by atoms with Gasteiger partial charge in [0.2, 0.25) is 5.91 Å². The van der Waals surface area contributed by atoms with Crippen LogP contribution in [0.4, 0.5) is 0 Å². The first-order valence-electron chi connectivity index (χ1n) is 6.92. The Bertz CT molecular complexity index is 229. The van der Waals surface area contributed by atoms with E-state index in [0.717, 1.165) is 45.6 Å². The van der Waals surface area contributed by atoms with Crippen LogP contribution in [0.15, 0.2) is 0 Å².